The van der Waals surface area contributed by atoms with E-state index in [1.165, 1.54) is 0 Å². The third-order valence-corrected chi connectivity index (χ3v) is 4.67. The van der Waals surface area contributed by atoms with Gasteiger partial charge in [0, 0.05) is 37.8 Å². The smallest absolute Gasteiger partial charge is 0.254 e. The van der Waals surface area contributed by atoms with Crippen LogP contribution in [0.25, 0.3) is 0 Å². The van der Waals surface area contributed by atoms with Crippen LogP contribution in [0.2, 0.25) is 0 Å². The zero-order chi connectivity index (χ0) is 19.2. The van der Waals surface area contributed by atoms with Crippen LogP contribution in [0.4, 0.5) is 5.69 Å². The van der Waals surface area contributed by atoms with Crippen molar-refractivity contribution in [1.82, 2.24) is 4.90 Å². The number of anilines is 1. The number of methoxy groups -OCH3 is 2. The van der Waals surface area contributed by atoms with Gasteiger partial charge in [-0.25, -0.2) is 0 Å². The Labute approximate surface area is 160 Å². The molecule has 144 valence electrons. The van der Waals surface area contributed by atoms with Crippen LogP contribution in [-0.2, 0) is 0 Å². The number of piperazine rings is 1. The molecule has 0 bridgehead atoms. The molecule has 0 aromatic heterocycles. The third kappa shape index (κ3) is 4.27. The maximum atomic E-state index is 12.9. The number of carbonyl (C=O) groups excluding carboxylic acids is 1. The largest absolute Gasteiger partial charge is 0.497 e. The van der Waals surface area contributed by atoms with E-state index in [0.29, 0.717) is 36.8 Å². The van der Waals surface area contributed by atoms with Crippen molar-refractivity contribution >= 4 is 11.6 Å². The monoisotopic (exact) mass is 370 g/mol. The lowest BCUT2D eigenvalue weighted by Gasteiger charge is -2.36. The van der Waals surface area contributed by atoms with Gasteiger partial charge in [0.15, 0.2) is 0 Å². The van der Waals surface area contributed by atoms with E-state index < -0.39 is 0 Å². The highest BCUT2D eigenvalue weighted by Gasteiger charge is 2.24. The number of amides is 1. The van der Waals surface area contributed by atoms with Crippen molar-refractivity contribution in [3.05, 3.63) is 48.0 Å². The summed E-state index contributed by atoms with van der Waals surface area (Å²) in [6, 6.07) is 13.3. The summed E-state index contributed by atoms with van der Waals surface area (Å²) in [7, 11) is 3.16. The summed E-state index contributed by atoms with van der Waals surface area (Å²) in [5, 5.41) is 0. The molecule has 6 nitrogen and oxygen atoms in total. The molecule has 0 atom stereocenters. The Hall–Kier alpha value is -2.89. The highest BCUT2D eigenvalue weighted by atomic mass is 16.5. The van der Waals surface area contributed by atoms with Crippen molar-refractivity contribution in [3.63, 3.8) is 0 Å². The van der Waals surface area contributed by atoms with Crippen LogP contribution in [-0.4, -0.2) is 57.8 Å². The van der Waals surface area contributed by atoms with Crippen molar-refractivity contribution in [2.24, 2.45) is 0 Å². The van der Waals surface area contributed by atoms with E-state index in [1.807, 2.05) is 30.0 Å². The van der Waals surface area contributed by atoms with Crippen LogP contribution in [0, 0.1) is 0 Å². The van der Waals surface area contributed by atoms with Gasteiger partial charge >= 0.3 is 0 Å². The highest BCUT2D eigenvalue weighted by molar-refractivity contribution is 5.95. The standard InChI is InChI=1S/C21H26N2O4/c1-4-27-20-8-6-5-7-19(20)22-9-11-23(12-10-22)21(24)16-13-17(25-2)15-18(14-16)26-3/h5-8,13-15H,4,9-12H2,1-3H3. The molecule has 27 heavy (non-hydrogen) atoms. The lowest BCUT2D eigenvalue weighted by molar-refractivity contribution is 0.0746. The lowest BCUT2D eigenvalue weighted by Crippen LogP contribution is -2.48. The Morgan fingerprint density at radius 1 is 0.963 bits per heavy atom. The van der Waals surface area contributed by atoms with Crippen LogP contribution in [0.1, 0.15) is 17.3 Å². The number of nitrogens with zero attached hydrogens (tertiary/aromatic N) is 2. The number of carbonyl (C=O) groups is 1. The van der Waals surface area contributed by atoms with Gasteiger partial charge in [-0.05, 0) is 31.2 Å². The molecule has 1 aliphatic heterocycles. The number of benzene rings is 2. The van der Waals surface area contributed by atoms with E-state index in [2.05, 4.69) is 11.0 Å². The molecule has 0 N–H and O–H groups in total. The van der Waals surface area contributed by atoms with Gasteiger partial charge in [-0.3, -0.25) is 4.79 Å². The van der Waals surface area contributed by atoms with Gasteiger partial charge in [0.1, 0.15) is 17.2 Å². The molecule has 1 fully saturated rings. The first-order valence-corrected chi connectivity index (χ1v) is 9.15. The Morgan fingerprint density at radius 3 is 2.19 bits per heavy atom. The molecule has 6 heteroatoms. The fraction of sp³-hybridized carbons (Fsp3) is 0.381. The van der Waals surface area contributed by atoms with Crippen LogP contribution < -0.4 is 19.1 Å². The zero-order valence-electron chi connectivity index (χ0n) is 16.1. The van der Waals surface area contributed by atoms with E-state index in [-0.39, 0.29) is 5.91 Å². The molecule has 2 aromatic carbocycles. The predicted octanol–water partition coefficient (Wildman–Crippen LogP) is 3.06. The molecule has 1 amide bonds. The second-order valence-electron chi connectivity index (χ2n) is 6.28. The first-order valence-electron chi connectivity index (χ1n) is 9.15. The van der Waals surface area contributed by atoms with Gasteiger partial charge < -0.3 is 24.0 Å². The van der Waals surface area contributed by atoms with Gasteiger partial charge in [-0.2, -0.15) is 0 Å². The van der Waals surface area contributed by atoms with Crippen molar-refractivity contribution in [2.45, 2.75) is 6.92 Å². The topological polar surface area (TPSA) is 51.2 Å². The number of rotatable bonds is 6. The molecular weight excluding hydrogens is 344 g/mol. The van der Waals surface area contributed by atoms with E-state index in [0.717, 1.165) is 24.5 Å². The number of ether oxygens (including phenoxy) is 3. The fourth-order valence-electron chi connectivity index (χ4n) is 3.26. The predicted molar refractivity (Wildman–Crippen MR) is 105 cm³/mol. The van der Waals surface area contributed by atoms with Crippen LogP contribution in [0.3, 0.4) is 0 Å². The van der Waals surface area contributed by atoms with Gasteiger partial charge in [-0.1, -0.05) is 12.1 Å². The van der Waals surface area contributed by atoms with Gasteiger partial charge in [-0.15, -0.1) is 0 Å². The van der Waals surface area contributed by atoms with Gasteiger partial charge in [0.2, 0.25) is 0 Å². The minimum absolute atomic E-state index is 0.00931. The maximum Gasteiger partial charge on any atom is 0.254 e. The van der Waals surface area contributed by atoms with E-state index >= 15 is 0 Å². The highest BCUT2D eigenvalue weighted by Crippen LogP contribution is 2.29. The normalized spacial score (nSPS) is 14.0. The first kappa shape index (κ1) is 18.9. The fourth-order valence-corrected chi connectivity index (χ4v) is 3.26. The summed E-state index contributed by atoms with van der Waals surface area (Å²) in [5.41, 5.74) is 1.66. The summed E-state index contributed by atoms with van der Waals surface area (Å²) in [6.45, 7) is 5.44. The molecular formula is C21H26N2O4. The van der Waals surface area contributed by atoms with E-state index in [4.69, 9.17) is 14.2 Å². The van der Waals surface area contributed by atoms with Crippen LogP contribution in [0.5, 0.6) is 17.2 Å². The Kier molecular flexibility index (Phi) is 6.06. The van der Waals surface area contributed by atoms with Gasteiger partial charge in [0.05, 0.1) is 26.5 Å². The SMILES string of the molecule is CCOc1ccccc1N1CCN(C(=O)c2cc(OC)cc(OC)c2)CC1. The van der Waals surface area contributed by atoms with Crippen molar-refractivity contribution < 1.29 is 19.0 Å². The number of hydrogen-bond acceptors (Lipinski definition) is 5. The van der Waals surface area contributed by atoms with Crippen LogP contribution >= 0.6 is 0 Å². The Morgan fingerprint density at radius 2 is 1.59 bits per heavy atom. The maximum absolute atomic E-state index is 12.9. The molecule has 0 spiro atoms. The average molecular weight is 370 g/mol. The summed E-state index contributed by atoms with van der Waals surface area (Å²) in [4.78, 5) is 17.1. The van der Waals surface area contributed by atoms with Crippen LogP contribution in [0.15, 0.2) is 42.5 Å². The first-order chi connectivity index (χ1) is 13.2. The molecule has 2 aromatic rings. The molecule has 0 saturated carbocycles. The van der Waals surface area contributed by atoms with Crippen molar-refractivity contribution in [3.8, 4) is 17.2 Å². The lowest BCUT2D eigenvalue weighted by atomic mass is 10.1. The second-order valence-corrected chi connectivity index (χ2v) is 6.28. The molecule has 0 aliphatic carbocycles. The molecule has 0 unspecified atom stereocenters. The molecule has 1 aliphatic rings. The van der Waals surface area contributed by atoms with E-state index in [1.54, 1.807) is 32.4 Å². The molecule has 1 heterocycles. The average Bonchev–Trinajstić information content (AvgIpc) is 2.73. The van der Waals surface area contributed by atoms with E-state index in [9.17, 15) is 4.79 Å². The Balaban J connectivity index is 1.70. The summed E-state index contributed by atoms with van der Waals surface area (Å²) in [5.74, 6) is 2.10. The minimum atomic E-state index is -0.00931. The van der Waals surface area contributed by atoms with Gasteiger partial charge in [0.25, 0.3) is 5.91 Å². The third-order valence-electron chi connectivity index (χ3n) is 4.67. The zero-order valence-corrected chi connectivity index (χ0v) is 16.1. The van der Waals surface area contributed by atoms with Crippen molar-refractivity contribution in [1.29, 1.82) is 0 Å². The summed E-state index contributed by atoms with van der Waals surface area (Å²) < 4.78 is 16.3. The van der Waals surface area contributed by atoms with Crippen molar-refractivity contribution in [2.75, 3.05) is 51.9 Å². The quantitative estimate of drug-likeness (QED) is 0.782. The minimum Gasteiger partial charge on any atom is -0.497 e. The molecule has 3 rings (SSSR count). The Bertz CT molecular complexity index is 763. The number of hydrogen-bond donors (Lipinski definition) is 0. The molecule has 0 radical (unpaired) electrons. The second kappa shape index (κ2) is 8.66. The summed E-state index contributed by atoms with van der Waals surface area (Å²) in [6.07, 6.45) is 0. The summed E-state index contributed by atoms with van der Waals surface area (Å²) >= 11 is 0. The number of para-hydroxylation sites is 2. The molecule has 1 saturated heterocycles.